The van der Waals surface area contributed by atoms with E-state index in [2.05, 4.69) is 0 Å². The van der Waals surface area contributed by atoms with Gasteiger partial charge in [-0.2, -0.15) is 0 Å². The van der Waals surface area contributed by atoms with Crippen LogP contribution in [0.2, 0.25) is 0 Å². The minimum atomic E-state index is -1.05. The van der Waals surface area contributed by atoms with Crippen LogP contribution in [0.25, 0.3) is 0 Å². The maximum Gasteiger partial charge on any atom is 0.487 e. The molecule has 0 aliphatic carbocycles. The van der Waals surface area contributed by atoms with Crippen LogP contribution < -0.4 is 0 Å². The zero-order chi connectivity index (χ0) is 16.0. The van der Waals surface area contributed by atoms with Gasteiger partial charge in [0.25, 0.3) is 0 Å². The summed E-state index contributed by atoms with van der Waals surface area (Å²) < 4.78 is 11.7. The van der Waals surface area contributed by atoms with Gasteiger partial charge < -0.3 is 19.5 Å². The lowest BCUT2D eigenvalue weighted by atomic mass is 9.68. The van der Waals surface area contributed by atoms with Crippen molar-refractivity contribution in [2.45, 2.75) is 84.2 Å². The Morgan fingerprint density at radius 1 is 1.20 bits per heavy atom. The van der Waals surface area contributed by atoms with Gasteiger partial charge in [0.15, 0.2) is 0 Å². The largest absolute Gasteiger partial charge is 0.487 e. The summed E-state index contributed by atoms with van der Waals surface area (Å²) >= 11 is 0. The molecule has 0 spiro atoms. The molecular weight excluding hydrogens is 255 g/mol. The first-order valence-corrected chi connectivity index (χ1v) is 7.15. The fourth-order valence-corrected chi connectivity index (χ4v) is 2.42. The van der Waals surface area contributed by atoms with Gasteiger partial charge in [-0.05, 0) is 67.3 Å². The molecule has 1 aliphatic heterocycles. The quantitative estimate of drug-likeness (QED) is 0.779. The van der Waals surface area contributed by atoms with E-state index in [1.54, 1.807) is 27.7 Å². The van der Waals surface area contributed by atoms with Gasteiger partial charge in [-0.25, -0.2) is 0 Å². The van der Waals surface area contributed by atoms with Crippen LogP contribution in [-0.2, 0) is 9.39 Å². The van der Waals surface area contributed by atoms with Gasteiger partial charge in [-0.1, -0.05) is 6.08 Å². The average Bonchev–Trinajstić information content (AvgIpc) is 2.09. The van der Waals surface area contributed by atoms with Gasteiger partial charge in [-0.15, -0.1) is 0 Å². The Balaban J connectivity index is 2.93. The van der Waals surface area contributed by atoms with Crippen LogP contribution in [0.4, 0.5) is 0 Å². The molecule has 0 aromatic rings. The van der Waals surface area contributed by atoms with Crippen molar-refractivity contribution in [1.82, 2.24) is 0 Å². The molecule has 0 unspecified atom stereocenters. The van der Waals surface area contributed by atoms with Crippen LogP contribution in [0.3, 0.4) is 0 Å². The molecule has 5 heteroatoms. The Labute approximate surface area is 123 Å². The Hall–Kier alpha value is -0.355. The topological polar surface area (TPSA) is 58.9 Å². The molecule has 0 aromatic heterocycles. The summed E-state index contributed by atoms with van der Waals surface area (Å²) in [6.45, 7) is 14.8. The Morgan fingerprint density at radius 2 is 1.70 bits per heavy atom. The smallest absolute Gasteiger partial charge is 0.423 e. The van der Waals surface area contributed by atoms with Crippen molar-refractivity contribution < 1.29 is 19.5 Å². The molecule has 0 saturated heterocycles. The summed E-state index contributed by atoms with van der Waals surface area (Å²) in [5.74, 6) is 0. The molecule has 1 heterocycles. The second-order valence-electron chi connectivity index (χ2n) is 7.90. The van der Waals surface area contributed by atoms with Crippen LogP contribution in [0, 0.1) is 0 Å². The van der Waals surface area contributed by atoms with E-state index in [1.165, 1.54) is 0 Å². The molecule has 4 nitrogen and oxygen atoms in total. The Morgan fingerprint density at radius 3 is 2.10 bits per heavy atom. The van der Waals surface area contributed by atoms with E-state index in [-0.39, 0.29) is 5.60 Å². The highest BCUT2D eigenvalue weighted by Crippen LogP contribution is 2.36. The first kappa shape index (κ1) is 17.7. The molecule has 0 aromatic carbocycles. The summed E-state index contributed by atoms with van der Waals surface area (Å²) in [5, 5.41) is 20.5. The third-order valence-electron chi connectivity index (χ3n) is 3.90. The predicted octanol–water partition coefficient (Wildman–Crippen LogP) is 2.48. The molecule has 0 fully saturated rings. The monoisotopic (exact) mass is 284 g/mol. The van der Waals surface area contributed by atoms with Crippen molar-refractivity contribution in [1.29, 1.82) is 0 Å². The molecule has 0 radical (unpaired) electrons. The predicted molar refractivity (Wildman–Crippen MR) is 81.4 cm³/mol. The molecule has 0 bridgehead atoms. The average molecular weight is 284 g/mol. The molecule has 1 rings (SSSR count). The summed E-state index contributed by atoms with van der Waals surface area (Å²) in [7, 11) is -1.04. The van der Waals surface area contributed by atoms with Crippen LogP contribution in [0.1, 0.15) is 61.8 Å². The zero-order valence-corrected chi connectivity index (χ0v) is 14.1. The summed E-state index contributed by atoms with van der Waals surface area (Å²) in [6, 6.07) is 0. The van der Waals surface area contributed by atoms with E-state index in [0.717, 1.165) is 5.47 Å². The van der Waals surface area contributed by atoms with Crippen molar-refractivity contribution >= 4 is 7.12 Å². The second kappa shape index (κ2) is 5.13. The minimum Gasteiger partial charge on any atom is -0.423 e. The maximum absolute atomic E-state index is 10.4. The summed E-state index contributed by atoms with van der Waals surface area (Å²) in [5.41, 5.74) is -1.91. The molecule has 1 aliphatic rings. The molecular formula is C15H29BO4. The molecule has 2 N–H and O–H groups in total. The SMILES string of the molecule is CC1(C)C=C(B(O)OC(C)(C)C(C)(C)O)CC(C)(C)O1. The maximum atomic E-state index is 10.4. The van der Waals surface area contributed by atoms with Gasteiger partial charge in [0.2, 0.25) is 0 Å². The normalized spacial score (nSPS) is 22.4. The number of ether oxygens (including phenoxy) is 1. The van der Waals surface area contributed by atoms with Crippen molar-refractivity contribution in [3.05, 3.63) is 11.5 Å². The highest BCUT2D eigenvalue weighted by molar-refractivity contribution is 6.52. The Kier molecular flexibility index (Phi) is 4.54. The zero-order valence-electron chi connectivity index (χ0n) is 14.1. The van der Waals surface area contributed by atoms with Crippen molar-refractivity contribution in [3.8, 4) is 0 Å². The lowest BCUT2D eigenvalue weighted by molar-refractivity contribution is -0.110. The van der Waals surface area contributed by atoms with E-state index in [4.69, 9.17) is 9.39 Å². The fraction of sp³-hybridized carbons (Fsp3) is 0.867. The lowest BCUT2D eigenvalue weighted by Gasteiger charge is -2.43. The first-order valence-electron chi connectivity index (χ1n) is 7.15. The molecule has 0 saturated carbocycles. The molecule has 0 atom stereocenters. The number of aliphatic hydroxyl groups is 1. The lowest BCUT2D eigenvalue weighted by Crippen LogP contribution is -2.52. The van der Waals surface area contributed by atoms with E-state index in [1.807, 2.05) is 33.8 Å². The van der Waals surface area contributed by atoms with Gasteiger partial charge in [0.1, 0.15) is 0 Å². The highest BCUT2D eigenvalue weighted by atomic mass is 16.6. The fourth-order valence-electron chi connectivity index (χ4n) is 2.42. The standard InChI is InChI=1S/C15H29BO4/c1-12(2)9-11(10-13(3,4)19-12)16(18)20-15(7,8)14(5,6)17/h9,17-18H,10H2,1-8H3. The van der Waals surface area contributed by atoms with E-state index in [0.29, 0.717) is 6.42 Å². The number of hydrogen-bond donors (Lipinski definition) is 2. The van der Waals surface area contributed by atoms with Crippen LogP contribution in [0.15, 0.2) is 11.5 Å². The van der Waals surface area contributed by atoms with E-state index in [9.17, 15) is 10.1 Å². The minimum absolute atomic E-state index is 0.350. The van der Waals surface area contributed by atoms with Gasteiger partial charge in [0.05, 0.1) is 22.4 Å². The van der Waals surface area contributed by atoms with Crippen molar-refractivity contribution in [2.75, 3.05) is 0 Å². The van der Waals surface area contributed by atoms with E-state index >= 15 is 0 Å². The van der Waals surface area contributed by atoms with Gasteiger partial charge in [-0.3, -0.25) is 0 Å². The summed E-state index contributed by atoms with van der Waals surface area (Å²) in [4.78, 5) is 0. The molecule has 0 amide bonds. The van der Waals surface area contributed by atoms with Crippen molar-refractivity contribution in [3.63, 3.8) is 0 Å². The van der Waals surface area contributed by atoms with Gasteiger partial charge >= 0.3 is 7.12 Å². The van der Waals surface area contributed by atoms with Crippen LogP contribution >= 0.6 is 0 Å². The summed E-state index contributed by atoms with van der Waals surface area (Å²) in [6.07, 6.45) is 2.50. The number of hydrogen-bond acceptors (Lipinski definition) is 4. The third kappa shape index (κ3) is 4.32. The van der Waals surface area contributed by atoms with Gasteiger partial charge in [0, 0.05) is 0 Å². The first-order chi connectivity index (χ1) is 8.65. The molecule has 20 heavy (non-hydrogen) atoms. The number of rotatable bonds is 4. The second-order valence-corrected chi connectivity index (χ2v) is 7.90. The van der Waals surface area contributed by atoms with E-state index < -0.39 is 23.9 Å². The Bertz CT molecular complexity index is 391. The highest BCUT2D eigenvalue weighted by Gasteiger charge is 2.43. The molecule has 116 valence electrons. The third-order valence-corrected chi connectivity index (χ3v) is 3.90. The van der Waals surface area contributed by atoms with Crippen LogP contribution in [0.5, 0.6) is 0 Å². The van der Waals surface area contributed by atoms with Crippen molar-refractivity contribution in [2.24, 2.45) is 0 Å². The van der Waals surface area contributed by atoms with Crippen LogP contribution in [-0.4, -0.2) is 39.7 Å².